The number of carbonyl (C=O) groups is 1. The zero-order valence-corrected chi connectivity index (χ0v) is 17.4. The highest BCUT2D eigenvalue weighted by Gasteiger charge is 2.14. The summed E-state index contributed by atoms with van der Waals surface area (Å²) < 4.78 is 24.7. The van der Waals surface area contributed by atoms with Crippen molar-refractivity contribution in [1.29, 1.82) is 0 Å². The van der Waals surface area contributed by atoms with E-state index in [1.54, 1.807) is 30.3 Å². The molecule has 30 heavy (non-hydrogen) atoms. The largest absolute Gasteiger partial charge is 0.493 e. The van der Waals surface area contributed by atoms with Gasteiger partial charge in [0.15, 0.2) is 0 Å². The van der Waals surface area contributed by atoms with E-state index in [9.17, 15) is 9.18 Å². The Morgan fingerprint density at radius 1 is 1.03 bits per heavy atom. The van der Waals surface area contributed by atoms with Crippen LogP contribution in [-0.4, -0.2) is 12.5 Å². The van der Waals surface area contributed by atoms with Gasteiger partial charge in [-0.15, -0.1) is 0 Å². The molecule has 0 unspecified atom stereocenters. The van der Waals surface area contributed by atoms with Crippen LogP contribution < -0.4 is 14.8 Å². The maximum atomic E-state index is 13.1. The average molecular weight is 407 g/mol. The lowest BCUT2D eigenvalue weighted by atomic mass is 10.1. The maximum Gasteiger partial charge on any atom is 0.251 e. The zero-order chi connectivity index (χ0) is 21.5. The quantitative estimate of drug-likeness (QED) is 0.528. The number of benzene rings is 3. The van der Waals surface area contributed by atoms with Crippen LogP contribution in [0.5, 0.6) is 11.5 Å². The predicted molar refractivity (Wildman–Crippen MR) is 115 cm³/mol. The number of rotatable bonds is 8. The summed E-state index contributed by atoms with van der Waals surface area (Å²) in [6.07, 6.45) is 0. The fourth-order valence-electron chi connectivity index (χ4n) is 3.11. The fourth-order valence-corrected chi connectivity index (χ4v) is 3.11. The second kappa shape index (κ2) is 9.92. The first-order chi connectivity index (χ1) is 14.5. The van der Waals surface area contributed by atoms with E-state index < -0.39 is 0 Å². The van der Waals surface area contributed by atoms with Gasteiger partial charge in [0.25, 0.3) is 5.91 Å². The molecule has 5 heteroatoms. The number of halogens is 1. The molecule has 4 nitrogen and oxygen atoms in total. The van der Waals surface area contributed by atoms with E-state index in [-0.39, 0.29) is 24.4 Å². The van der Waals surface area contributed by atoms with E-state index in [4.69, 9.17) is 9.47 Å². The van der Waals surface area contributed by atoms with E-state index in [2.05, 4.69) is 5.32 Å². The molecule has 0 bridgehead atoms. The third kappa shape index (κ3) is 5.60. The van der Waals surface area contributed by atoms with Crippen molar-refractivity contribution >= 4 is 5.91 Å². The predicted octanol–water partition coefficient (Wildman–Crippen LogP) is 5.60. The van der Waals surface area contributed by atoms with Crippen molar-refractivity contribution in [2.45, 2.75) is 33.4 Å². The van der Waals surface area contributed by atoms with Gasteiger partial charge >= 0.3 is 0 Å². The van der Waals surface area contributed by atoms with Crippen LogP contribution in [0.25, 0.3) is 0 Å². The molecular weight excluding hydrogens is 381 g/mol. The Morgan fingerprint density at radius 2 is 1.80 bits per heavy atom. The fraction of sp³-hybridized carbons (Fsp3) is 0.240. The molecule has 3 aromatic carbocycles. The molecule has 0 fully saturated rings. The summed E-state index contributed by atoms with van der Waals surface area (Å²) in [5.74, 6) is 0.930. The Balaban J connectivity index is 1.74. The van der Waals surface area contributed by atoms with E-state index in [1.807, 2.05) is 45.0 Å². The number of hydrogen-bond acceptors (Lipinski definition) is 3. The minimum absolute atomic E-state index is 0.216. The molecule has 0 aromatic heterocycles. The highest BCUT2D eigenvalue weighted by atomic mass is 19.1. The molecular formula is C25H26FNO3. The number of ether oxygens (including phenoxy) is 2. The maximum absolute atomic E-state index is 13.1. The van der Waals surface area contributed by atoms with Gasteiger partial charge in [0, 0.05) is 11.1 Å². The Hall–Kier alpha value is -3.34. The molecule has 3 rings (SSSR count). The lowest BCUT2D eigenvalue weighted by Crippen LogP contribution is -2.26. The number of aryl methyl sites for hydroxylation is 1. The molecule has 0 saturated carbocycles. The highest BCUT2D eigenvalue weighted by Crippen LogP contribution is 2.24. The van der Waals surface area contributed by atoms with E-state index in [0.717, 1.165) is 22.4 Å². The number of nitrogens with one attached hydrogen (secondary N) is 1. The van der Waals surface area contributed by atoms with Gasteiger partial charge in [-0.2, -0.15) is 0 Å². The van der Waals surface area contributed by atoms with Crippen LogP contribution in [0, 0.1) is 12.7 Å². The van der Waals surface area contributed by atoms with Crippen LogP contribution >= 0.6 is 0 Å². The number of hydrogen-bond donors (Lipinski definition) is 1. The molecule has 1 amide bonds. The highest BCUT2D eigenvalue weighted by molar-refractivity contribution is 5.94. The van der Waals surface area contributed by atoms with Gasteiger partial charge in [0.05, 0.1) is 12.6 Å². The third-order valence-electron chi connectivity index (χ3n) is 4.72. The van der Waals surface area contributed by atoms with Crippen LogP contribution in [-0.2, 0) is 6.61 Å². The summed E-state index contributed by atoms with van der Waals surface area (Å²) in [5.41, 5.74) is 3.25. The van der Waals surface area contributed by atoms with Crippen LogP contribution in [0.4, 0.5) is 4.39 Å². The Labute approximate surface area is 176 Å². The standard InChI is InChI=1S/C25H26FNO3/c1-4-29-24-13-10-20(15-21(24)16-30-23-7-5-6-17(2)14-23)25(28)27-18(3)19-8-11-22(26)12-9-19/h5-15,18H,4,16H2,1-3H3,(H,27,28)/t18-/m1/s1. The first kappa shape index (κ1) is 21.4. The molecule has 3 aromatic rings. The first-order valence-electron chi connectivity index (χ1n) is 9.97. The average Bonchev–Trinajstić information content (AvgIpc) is 2.73. The Morgan fingerprint density at radius 3 is 2.50 bits per heavy atom. The molecule has 0 heterocycles. The van der Waals surface area contributed by atoms with Gasteiger partial charge in [-0.3, -0.25) is 4.79 Å². The van der Waals surface area contributed by atoms with Crippen LogP contribution in [0.2, 0.25) is 0 Å². The van der Waals surface area contributed by atoms with Gasteiger partial charge < -0.3 is 14.8 Å². The second-order valence-electron chi connectivity index (χ2n) is 7.11. The van der Waals surface area contributed by atoms with Crippen molar-refractivity contribution < 1.29 is 18.7 Å². The smallest absolute Gasteiger partial charge is 0.251 e. The monoisotopic (exact) mass is 407 g/mol. The minimum atomic E-state index is -0.304. The third-order valence-corrected chi connectivity index (χ3v) is 4.72. The SMILES string of the molecule is CCOc1ccc(C(=O)N[C@H](C)c2ccc(F)cc2)cc1COc1cccc(C)c1. The number of amides is 1. The topological polar surface area (TPSA) is 47.6 Å². The van der Waals surface area contributed by atoms with Crippen molar-refractivity contribution in [2.75, 3.05) is 6.61 Å². The molecule has 0 aliphatic heterocycles. The lowest BCUT2D eigenvalue weighted by molar-refractivity contribution is 0.0939. The van der Waals surface area contributed by atoms with Crippen LogP contribution in [0.15, 0.2) is 66.7 Å². The van der Waals surface area contributed by atoms with E-state index in [1.165, 1.54) is 12.1 Å². The lowest BCUT2D eigenvalue weighted by Gasteiger charge is -2.16. The van der Waals surface area contributed by atoms with Crippen molar-refractivity contribution in [3.8, 4) is 11.5 Å². The summed E-state index contributed by atoms with van der Waals surface area (Å²) in [4.78, 5) is 12.8. The Kier molecular flexibility index (Phi) is 7.07. The van der Waals surface area contributed by atoms with Crippen LogP contribution in [0.1, 0.15) is 46.9 Å². The molecule has 0 aliphatic carbocycles. The summed E-state index contributed by atoms with van der Waals surface area (Å²) in [6.45, 7) is 6.58. The molecule has 0 saturated heterocycles. The zero-order valence-electron chi connectivity index (χ0n) is 17.4. The van der Waals surface area contributed by atoms with Gasteiger partial charge in [0.1, 0.15) is 23.9 Å². The molecule has 0 spiro atoms. The summed E-state index contributed by atoms with van der Waals surface area (Å²) in [7, 11) is 0. The van der Waals surface area contributed by atoms with Crippen LogP contribution in [0.3, 0.4) is 0 Å². The molecule has 1 atom stereocenters. The van der Waals surface area contributed by atoms with Gasteiger partial charge in [-0.1, -0.05) is 24.3 Å². The van der Waals surface area contributed by atoms with Gasteiger partial charge in [0.2, 0.25) is 0 Å². The second-order valence-corrected chi connectivity index (χ2v) is 7.11. The van der Waals surface area contributed by atoms with Gasteiger partial charge in [-0.25, -0.2) is 4.39 Å². The minimum Gasteiger partial charge on any atom is -0.493 e. The van der Waals surface area contributed by atoms with Gasteiger partial charge in [-0.05, 0) is 74.4 Å². The summed E-state index contributed by atoms with van der Waals surface area (Å²) in [5, 5.41) is 2.95. The van der Waals surface area contributed by atoms with E-state index in [0.29, 0.717) is 17.9 Å². The number of carbonyl (C=O) groups excluding carboxylic acids is 1. The van der Waals surface area contributed by atoms with Crippen molar-refractivity contribution in [1.82, 2.24) is 5.32 Å². The molecule has 0 radical (unpaired) electrons. The summed E-state index contributed by atoms with van der Waals surface area (Å²) in [6, 6.07) is 19.0. The van der Waals surface area contributed by atoms with E-state index >= 15 is 0 Å². The normalized spacial score (nSPS) is 11.6. The Bertz CT molecular complexity index is 1000. The molecule has 1 N–H and O–H groups in total. The van der Waals surface area contributed by atoms with Crippen molar-refractivity contribution in [3.05, 3.63) is 94.8 Å². The molecule has 156 valence electrons. The van der Waals surface area contributed by atoms with Crippen molar-refractivity contribution in [2.24, 2.45) is 0 Å². The van der Waals surface area contributed by atoms with Crippen molar-refractivity contribution in [3.63, 3.8) is 0 Å². The first-order valence-corrected chi connectivity index (χ1v) is 9.97. The summed E-state index contributed by atoms with van der Waals surface area (Å²) >= 11 is 0. The molecule has 0 aliphatic rings.